The van der Waals surface area contributed by atoms with Crippen molar-refractivity contribution in [1.82, 2.24) is 24.7 Å². The van der Waals surface area contributed by atoms with E-state index in [1.807, 2.05) is 0 Å². The van der Waals surface area contributed by atoms with Crippen molar-refractivity contribution < 1.29 is 4.74 Å². The minimum absolute atomic E-state index is 0.0673. The lowest BCUT2D eigenvalue weighted by Crippen LogP contribution is -2.01. The number of rotatable bonds is 2. The fourth-order valence-electron chi connectivity index (χ4n) is 1.05. The van der Waals surface area contributed by atoms with Gasteiger partial charge in [0.05, 0.1) is 5.69 Å². The van der Waals surface area contributed by atoms with Crippen molar-refractivity contribution in [3.8, 4) is 11.9 Å². The predicted molar refractivity (Wildman–Crippen MR) is 57.3 cm³/mol. The van der Waals surface area contributed by atoms with Gasteiger partial charge in [-0.3, -0.25) is 4.68 Å². The predicted octanol–water partition coefficient (Wildman–Crippen LogP) is 0.941. The summed E-state index contributed by atoms with van der Waals surface area (Å²) >= 11 is 5.69. The molecule has 0 atom stereocenters. The van der Waals surface area contributed by atoms with Crippen molar-refractivity contribution >= 4 is 17.3 Å². The Hall–Kier alpha value is -1.89. The number of hydrogen-bond donors (Lipinski definition) is 1. The van der Waals surface area contributed by atoms with Crippen LogP contribution in [0.2, 0.25) is 5.28 Å². The number of nitrogens with zero attached hydrogens (tertiary/aromatic N) is 5. The van der Waals surface area contributed by atoms with E-state index in [1.54, 1.807) is 14.0 Å². The fraction of sp³-hybridized carbons (Fsp3) is 0.250. The van der Waals surface area contributed by atoms with Crippen LogP contribution >= 0.6 is 11.6 Å². The Bertz CT molecular complexity index is 525. The van der Waals surface area contributed by atoms with Gasteiger partial charge in [0.15, 0.2) is 0 Å². The average molecular weight is 241 g/mol. The van der Waals surface area contributed by atoms with Crippen LogP contribution < -0.4 is 10.5 Å². The lowest BCUT2D eigenvalue weighted by molar-refractivity contribution is 0.423. The Morgan fingerprint density at radius 2 is 2.19 bits per heavy atom. The zero-order chi connectivity index (χ0) is 11.7. The molecular weight excluding hydrogens is 232 g/mol. The zero-order valence-corrected chi connectivity index (χ0v) is 9.43. The number of aryl methyl sites for hydroxylation is 2. The van der Waals surface area contributed by atoms with E-state index < -0.39 is 0 Å². The van der Waals surface area contributed by atoms with Gasteiger partial charge in [0.25, 0.3) is 5.88 Å². The first kappa shape index (κ1) is 10.6. The zero-order valence-electron chi connectivity index (χ0n) is 8.68. The van der Waals surface area contributed by atoms with Crippen LogP contribution in [0.5, 0.6) is 11.9 Å². The molecule has 0 aliphatic carbocycles. The third kappa shape index (κ3) is 2.03. The van der Waals surface area contributed by atoms with Gasteiger partial charge < -0.3 is 10.5 Å². The maximum atomic E-state index is 5.74. The number of nitrogen functional groups attached to an aromatic ring is 1. The number of aromatic nitrogens is 5. The van der Waals surface area contributed by atoms with E-state index in [-0.39, 0.29) is 17.2 Å². The second-order valence-corrected chi connectivity index (χ2v) is 3.44. The van der Waals surface area contributed by atoms with Gasteiger partial charge in [-0.15, -0.1) is 5.10 Å². The first-order valence-electron chi connectivity index (χ1n) is 4.39. The molecule has 0 fully saturated rings. The highest BCUT2D eigenvalue weighted by Crippen LogP contribution is 2.25. The average Bonchev–Trinajstić information content (AvgIpc) is 2.60. The number of halogens is 1. The van der Waals surface area contributed by atoms with Crippen molar-refractivity contribution in [3.63, 3.8) is 0 Å². The van der Waals surface area contributed by atoms with E-state index in [1.165, 1.54) is 11.0 Å². The second-order valence-electron chi connectivity index (χ2n) is 3.10. The van der Waals surface area contributed by atoms with E-state index in [2.05, 4.69) is 20.1 Å². The van der Waals surface area contributed by atoms with Gasteiger partial charge in [-0.2, -0.15) is 9.97 Å². The van der Waals surface area contributed by atoms with Crippen molar-refractivity contribution in [2.45, 2.75) is 6.92 Å². The second kappa shape index (κ2) is 3.93. The third-order valence-electron chi connectivity index (χ3n) is 1.84. The molecule has 0 aliphatic rings. The Morgan fingerprint density at radius 3 is 2.81 bits per heavy atom. The number of ether oxygens (including phenoxy) is 1. The summed E-state index contributed by atoms with van der Waals surface area (Å²) in [5.41, 5.74) is 6.60. The minimum atomic E-state index is 0.0673. The quantitative estimate of drug-likeness (QED) is 0.786. The molecule has 0 spiro atoms. The standard InChI is InChI=1S/C8H9ClN6O/c1-4-5(10)6(13-7(9)12-4)16-8-11-3-15(2)14-8/h3H,10H2,1-2H3. The van der Waals surface area contributed by atoms with Crippen LogP contribution in [0.3, 0.4) is 0 Å². The number of hydrogen-bond acceptors (Lipinski definition) is 6. The minimum Gasteiger partial charge on any atom is -0.402 e. The SMILES string of the molecule is Cc1nc(Cl)nc(Oc2ncn(C)n2)c1N. The molecule has 0 radical (unpaired) electrons. The molecule has 7 nitrogen and oxygen atoms in total. The Labute approximate surface area is 96.2 Å². The Morgan fingerprint density at radius 1 is 1.44 bits per heavy atom. The van der Waals surface area contributed by atoms with Crippen molar-refractivity contribution in [2.75, 3.05) is 5.73 Å². The maximum Gasteiger partial charge on any atom is 0.342 e. The number of nitrogens with two attached hydrogens (primary N) is 1. The molecule has 2 heterocycles. The maximum absolute atomic E-state index is 5.74. The summed E-state index contributed by atoms with van der Waals surface area (Å²) in [4.78, 5) is 11.6. The van der Waals surface area contributed by atoms with Crippen LogP contribution in [0.25, 0.3) is 0 Å². The molecular formula is C8H9ClN6O. The van der Waals surface area contributed by atoms with Gasteiger partial charge in [-0.05, 0) is 18.5 Å². The van der Waals surface area contributed by atoms with E-state index in [4.69, 9.17) is 22.1 Å². The molecule has 0 saturated heterocycles. The normalized spacial score (nSPS) is 10.4. The molecule has 0 aliphatic heterocycles. The molecule has 84 valence electrons. The van der Waals surface area contributed by atoms with E-state index in [0.717, 1.165) is 0 Å². The summed E-state index contributed by atoms with van der Waals surface area (Å²) in [5, 5.41) is 4.00. The van der Waals surface area contributed by atoms with E-state index in [0.29, 0.717) is 11.4 Å². The molecule has 2 aromatic heterocycles. The first-order valence-corrected chi connectivity index (χ1v) is 4.77. The smallest absolute Gasteiger partial charge is 0.342 e. The van der Waals surface area contributed by atoms with Crippen LogP contribution in [0.4, 0.5) is 5.69 Å². The molecule has 0 amide bonds. The highest BCUT2D eigenvalue weighted by atomic mass is 35.5. The van der Waals surface area contributed by atoms with Gasteiger partial charge in [0.1, 0.15) is 12.0 Å². The molecule has 16 heavy (non-hydrogen) atoms. The fourth-order valence-corrected chi connectivity index (χ4v) is 1.26. The van der Waals surface area contributed by atoms with Crippen molar-refractivity contribution in [2.24, 2.45) is 7.05 Å². The van der Waals surface area contributed by atoms with Crippen molar-refractivity contribution in [1.29, 1.82) is 0 Å². The van der Waals surface area contributed by atoms with Gasteiger partial charge in [0.2, 0.25) is 5.28 Å². The summed E-state index contributed by atoms with van der Waals surface area (Å²) in [6, 6.07) is 0.156. The lowest BCUT2D eigenvalue weighted by atomic mass is 10.4. The van der Waals surface area contributed by atoms with Gasteiger partial charge in [-0.1, -0.05) is 0 Å². The van der Waals surface area contributed by atoms with Crippen LogP contribution in [0, 0.1) is 6.92 Å². The Balaban J connectivity index is 2.34. The largest absolute Gasteiger partial charge is 0.402 e. The van der Waals surface area contributed by atoms with E-state index >= 15 is 0 Å². The monoisotopic (exact) mass is 240 g/mol. The highest BCUT2D eigenvalue weighted by Gasteiger charge is 2.11. The Kier molecular flexibility index (Phi) is 2.61. The summed E-state index contributed by atoms with van der Waals surface area (Å²) < 4.78 is 6.79. The van der Waals surface area contributed by atoms with Gasteiger partial charge >= 0.3 is 6.01 Å². The van der Waals surface area contributed by atoms with Crippen LogP contribution in [-0.2, 0) is 7.05 Å². The summed E-state index contributed by atoms with van der Waals surface area (Å²) in [6.07, 6.45) is 1.50. The van der Waals surface area contributed by atoms with Crippen LogP contribution in [-0.4, -0.2) is 24.7 Å². The summed E-state index contributed by atoms with van der Waals surface area (Å²) in [7, 11) is 1.72. The third-order valence-corrected chi connectivity index (χ3v) is 2.01. The molecule has 0 aromatic carbocycles. The van der Waals surface area contributed by atoms with Crippen LogP contribution in [0.15, 0.2) is 6.33 Å². The lowest BCUT2D eigenvalue weighted by Gasteiger charge is -2.05. The molecule has 0 bridgehead atoms. The van der Waals surface area contributed by atoms with E-state index in [9.17, 15) is 0 Å². The topological polar surface area (TPSA) is 91.7 Å². The highest BCUT2D eigenvalue weighted by molar-refractivity contribution is 6.28. The number of anilines is 1. The molecule has 0 unspecified atom stereocenters. The molecule has 2 rings (SSSR count). The first-order chi connectivity index (χ1) is 7.56. The molecule has 2 aromatic rings. The van der Waals surface area contributed by atoms with Crippen LogP contribution in [0.1, 0.15) is 5.69 Å². The summed E-state index contributed by atoms with van der Waals surface area (Å²) in [5.74, 6) is 0.156. The molecule has 0 saturated carbocycles. The summed E-state index contributed by atoms with van der Waals surface area (Å²) in [6.45, 7) is 1.71. The van der Waals surface area contributed by atoms with Gasteiger partial charge in [0, 0.05) is 7.05 Å². The van der Waals surface area contributed by atoms with Crippen molar-refractivity contribution in [3.05, 3.63) is 17.3 Å². The molecule has 2 N–H and O–H groups in total. The molecule has 8 heteroatoms. The van der Waals surface area contributed by atoms with Gasteiger partial charge in [-0.25, -0.2) is 4.98 Å².